The molecule has 8 nitrogen and oxygen atoms in total. The summed E-state index contributed by atoms with van der Waals surface area (Å²) in [7, 11) is -2.08. The molecule has 0 aliphatic heterocycles. The fourth-order valence-corrected chi connectivity index (χ4v) is 4.37. The third kappa shape index (κ3) is 4.27. The smallest absolute Gasteiger partial charge is 0.275 e. The van der Waals surface area contributed by atoms with E-state index in [0.29, 0.717) is 16.8 Å². The molecule has 1 heterocycles. The lowest BCUT2D eigenvalue weighted by Gasteiger charge is -2.21. The van der Waals surface area contributed by atoms with Crippen molar-refractivity contribution in [3.63, 3.8) is 0 Å². The Morgan fingerprint density at radius 1 is 1.10 bits per heavy atom. The van der Waals surface area contributed by atoms with E-state index in [1.807, 2.05) is 12.1 Å². The number of rotatable bonds is 6. The molecule has 1 aromatic heterocycles. The van der Waals surface area contributed by atoms with Gasteiger partial charge in [-0.1, -0.05) is 18.2 Å². The molecule has 3 aromatic rings. The summed E-state index contributed by atoms with van der Waals surface area (Å²) in [6.07, 6.45) is 0. The van der Waals surface area contributed by atoms with Gasteiger partial charge in [-0.3, -0.25) is 9.59 Å². The predicted octanol–water partition coefficient (Wildman–Crippen LogP) is 2.37. The van der Waals surface area contributed by atoms with Crippen molar-refractivity contribution >= 4 is 32.4 Å². The number of aryl methyl sites for hydroxylation is 1. The molecular weight excluding hydrogens is 404 g/mol. The van der Waals surface area contributed by atoms with Gasteiger partial charge in [0.2, 0.25) is 15.9 Å². The predicted molar refractivity (Wildman–Crippen MR) is 116 cm³/mol. The SMILES string of the molecule is Cc1nn(CC(=O)Nc2ccc(S(=O)(=O)N(C)C(C)C)cc2)c(=O)c2ccccc12. The summed E-state index contributed by atoms with van der Waals surface area (Å²) in [6, 6.07) is 12.8. The third-order valence-corrected chi connectivity index (χ3v) is 6.94. The normalized spacial score (nSPS) is 11.9. The molecule has 0 saturated heterocycles. The van der Waals surface area contributed by atoms with Crippen molar-refractivity contribution in [3.8, 4) is 0 Å². The van der Waals surface area contributed by atoms with E-state index < -0.39 is 15.9 Å². The summed E-state index contributed by atoms with van der Waals surface area (Å²) >= 11 is 0. The first-order valence-corrected chi connectivity index (χ1v) is 10.9. The average Bonchev–Trinajstić information content (AvgIpc) is 2.71. The zero-order valence-corrected chi connectivity index (χ0v) is 18.1. The summed E-state index contributed by atoms with van der Waals surface area (Å²) in [5, 5.41) is 8.15. The molecular formula is C21H24N4O4S. The van der Waals surface area contributed by atoms with Gasteiger partial charge in [0, 0.05) is 24.2 Å². The highest BCUT2D eigenvalue weighted by Gasteiger charge is 2.22. The van der Waals surface area contributed by atoms with Crippen LogP contribution in [0.2, 0.25) is 0 Å². The van der Waals surface area contributed by atoms with Crippen LogP contribution in [0.15, 0.2) is 58.2 Å². The molecule has 3 rings (SSSR count). The molecule has 0 bridgehead atoms. The number of fused-ring (bicyclic) bond motifs is 1. The Balaban J connectivity index is 1.77. The van der Waals surface area contributed by atoms with Gasteiger partial charge in [-0.05, 0) is 51.1 Å². The van der Waals surface area contributed by atoms with Crippen LogP contribution in [0.1, 0.15) is 19.5 Å². The van der Waals surface area contributed by atoms with Gasteiger partial charge in [-0.2, -0.15) is 9.40 Å². The highest BCUT2D eigenvalue weighted by Crippen LogP contribution is 2.19. The zero-order valence-electron chi connectivity index (χ0n) is 17.3. The number of hydrogen-bond donors (Lipinski definition) is 1. The minimum atomic E-state index is -3.60. The van der Waals surface area contributed by atoms with Crippen LogP contribution in [-0.2, 0) is 21.4 Å². The van der Waals surface area contributed by atoms with E-state index in [9.17, 15) is 18.0 Å². The van der Waals surface area contributed by atoms with Crippen molar-refractivity contribution in [1.29, 1.82) is 0 Å². The van der Waals surface area contributed by atoms with E-state index in [2.05, 4.69) is 10.4 Å². The van der Waals surface area contributed by atoms with Gasteiger partial charge in [-0.25, -0.2) is 13.1 Å². The van der Waals surface area contributed by atoms with Crippen molar-refractivity contribution in [2.24, 2.45) is 0 Å². The van der Waals surface area contributed by atoms with Crippen molar-refractivity contribution in [1.82, 2.24) is 14.1 Å². The van der Waals surface area contributed by atoms with Gasteiger partial charge in [0.1, 0.15) is 6.54 Å². The molecule has 158 valence electrons. The minimum Gasteiger partial charge on any atom is -0.324 e. The summed E-state index contributed by atoms with van der Waals surface area (Å²) in [5.74, 6) is -0.436. The number of nitrogens with zero attached hydrogens (tertiary/aromatic N) is 3. The summed E-state index contributed by atoms with van der Waals surface area (Å²) < 4.78 is 27.4. The van der Waals surface area contributed by atoms with Crippen molar-refractivity contribution < 1.29 is 13.2 Å². The average molecular weight is 429 g/mol. The number of aromatic nitrogens is 2. The Hall–Kier alpha value is -3.04. The van der Waals surface area contributed by atoms with Gasteiger partial charge in [0.05, 0.1) is 16.0 Å². The third-order valence-electron chi connectivity index (χ3n) is 4.89. The number of nitrogens with one attached hydrogen (secondary N) is 1. The number of carbonyl (C=O) groups excluding carboxylic acids is 1. The van der Waals surface area contributed by atoms with Gasteiger partial charge >= 0.3 is 0 Å². The molecule has 0 saturated carbocycles. The molecule has 0 unspecified atom stereocenters. The van der Waals surface area contributed by atoms with Crippen LogP contribution < -0.4 is 10.9 Å². The molecule has 0 aliphatic carbocycles. The standard InChI is InChI=1S/C21H24N4O4S/c1-14(2)24(4)30(28,29)17-11-9-16(10-12-17)22-20(26)13-25-21(27)19-8-6-5-7-18(19)15(3)23-25/h5-12,14H,13H2,1-4H3,(H,22,26). The zero-order chi connectivity index (χ0) is 22.1. The number of carbonyl (C=O) groups is 1. The van der Waals surface area contributed by atoms with Crippen LogP contribution in [0.25, 0.3) is 10.8 Å². The van der Waals surface area contributed by atoms with Crippen LogP contribution in [0.3, 0.4) is 0 Å². The molecule has 1 N–H and O–H groups in total. The Bertz CT molecular complexity index is 1250. The number of benzene rings is 2. The fourth-order valence-electron chi connectivity index (χ4n) is 3.00. The minimum absolute atomic E-state index is 0.139. The number of sulfonamides is 1. The van der Waals surface area contributed by atoms with Gasteiger partial charge in [0.25, 0.3) is 5.56 Å². The second-order valence-corrected chi connectivity index (χ2v) is 9.28. The quantitative estimate of drug-likeness (QED) is 0.650. The van der Waals surface area contributed by atoms with E-state index in [-0.39, 0.29) is 23.0 Å². The number of anilines is 1. The largest absolute Gasteiger partial charge is 0.324 e. The Kier molecular flexibility index (Phi) is 6.04. The molecule has 0 radical (unpaired) electrons. The van der Waals surface area contributed by atoms with Crippen molar-refractivity contribution in [2.75, 3.05) is 12.4 Å². The second-order valence-electron chi connectivity index (χ2n) is 7.28. The maximum Gasteiger partial charge on any atom is 0.275 e. The number of hydrogen-bond acceptors (Lipinski definition) is 5. The Morgan fingerprint density at radius 2 is 1.70 bits per heavy atom. The first kappa shape index (κ1) is 21.7. The topological polar surface area (TPSA) is 101 Å². The highest BCUT2D eigenvalue weighted by molar-refractivity contribution is 7.89. The summed E-state index contributed by atoms with van der Waals surface area (Å²) in [5.41, 5.74) is 0.739. The van der Waals surface area contributed by atoms with Crippen LogP contribution in [-0.4, -0.2) is 41.5 Å². The highest BCUT2D eigenvalue weighted by atomic mass is 32.2. The second kappa shape index (κ2) is 8.37. The van der Waals surface area contributed by atoms with Crippen LogP contribution >= 0.6 is 0 Å². The van der Waals surface area contributed by atoms with Gasteiger partial charge < -0.3 is 5.32 Å². The van der Waals surface area contributed by atoms with Gasteiger partial charge in [-0.15, -0.1) is 0 Å². The molecule has 0 atom stereocenters. The maximum absolute atomic E-state index is 12.6. The molecule has 0 aliphatic rings. The fraction of sp³-hybridized carbons (Fsp3) is 0.286. The van der Waals surface area contributed by atoms with Crippen molar-refractivity contribution in [3.05, 3.63) is 64.6 Å². The number of amides is 1. The first-order valence-electron chi connectivity index (χ1n) is 9.45. The lowest BCUT2D eigenvalue weighted by Crippen LogP contribution is -2.33. The van der Waals surface area contributed by atoms with E-state index in [1.54, 1.807) is 32.9 Å². The van der Waals surface area contributed by atoms with E-state index in [4.69, 9.17) is 0 Å². The first-order chi connectivity index (χ1) is 14.1. The van der Waals surface area contributed by atoms with Crippen molar-refractivity contribution in [2.45, 2.75) is 38.3 Å². The van der Waals surface area contributed by atoms with Gasteiger partial charge in [0.15, 0.2) is 0 Å². The Labute approximate surface area is 175 Å². The summed E-state index contributed by atoms with van der Waals surface area (Å²) in [4.78, 5) is 25.2. The lowest BCUT2D eigenvalue weighted by atomic mass is 10.1. The maximum atomic E-state index is 12.6. The summed E-state index contributed by atoms with van der Waals surface area (Å²) in [6.45, 7) is 5.11. The molecule has 0 fully saturated rings. The van der Waals surface area contributed by atoms with Crippen LogP contribution in [0, 0.1) is 6.92 Å². The molecule has 30 heavy (non-hydrogen) atoms. The van der Waals surface area contributed by atoms with Crippen LogP contribution in [0.5, 0.6) is 0 Å². The van der Waals surface area contributed by atoms with E-state index in [1.165, 1.54) is 35.6 Å². The lowest BCUT2D eigenvalue weighted by molar-refractivity contribution is -0.117. The van der Waals surface area contributed by atoms with Crippen LogP contribution in [0.4, 0.5) is 5.69 Å². The molecule has 0 spiro atoms. The Morgan fingerprint density at radius 3 is 2.30 bits per heavy atom. The van der Waals surface area contributed by atoms with E-state index in [0.717, 1.165) is 10.1 Å². The molecule has 2 aromatic carbocycles. The monoisotopic (exact) mass is 428 g/mol. The molecule has 1 amide bonds. The molecule has 9 heteroatoms. The van der Waals surface area contributed by atoms with E-state index >= 15 is 0 Å².